The lowest BCUT2D eigenvalue weighted by molar-refractivity contribution is -0.129. The number of likely N-dealkylation sites (tertiary alicyclic amines) is 1. The summed E-state index contributed by atoms with van der Waals surface area (Å²) in [7, 11) is -4.22. The summed E-state index contributed by atoms with van der Waals surface area (Å²) >= 11 is 0. The Labute approximate surface area is 201 Å². The summed E-state index contributed by atoms with van der Waals surface area (Å²) in [6.45, 7) is 2.17. The molecule has 3 aromatic carbocycles. The average molecular weight is 500 g/mol. The lowest BCUT2D eigenvalue weighted by Crippen LogP contribution is -2.43. The SMILES string of the molecule is CC1C(NC(=O)c2cc(S(=O)(=O)Nc3cccc(F)c3)ccc2F)CC(=O)N1Cc1ccccc1. The maximum atomic E-state index is 14.5. The molecule has 1 heterocycles. The van der Waals surface area contributed by atoms with Gasteiger partial charge in [0.2, 0.25) is 5.91 Å². The number of benzene rings is 3. The van der Waals surface area contributed by atoms with Crippen molar-refractivity contribution >= 4 is 27.5 Å². The van der Waals surface area contributed by atoms with Crippen LogP contribution in [0.4, 0.5) is 14.5 Å². The van der Waals surface area contributed by atoms with Crippen LogP contribution in [0, 0.1) is 11.6 Å². The predicted molar refractivity (Wildman–Crippen MR) is 126 cm³/mol. The fourth-order valence-electron chi connectivity index (χ4n) is 3.96. The van der Waals surface area contributed by atoms with Gasteiger partial charge in [0, 0.05) is 19.0 Å². The molecule has 0 aromatic heterocycles. The molecule has 1 fully saturated rings. The zero-order chi connectivity index (χ0) is 25.2. The van der Waals surface area contributed by atoms with E-state index in [1.807, 2.05) is 30.3 Å². The molecule has 1 aliphatic rings. The first kappa shape index (κ1) is 24.3. The van der Waals surface area contributed by atoms with E-state index in [4.69, 9.17) is 0 Å². The predicted octanol–water partition coefficient (Wildman–Crippen LogP) is 3.69. The van der Waals surface area contributed by atoms with Crippen molar-refractivity contribution in [3.05, 3.63) is 95.6 Å². The van der Waals surface area contributed by atoms with Crippen molar-refractivity contribution in [3.63, 3.8) is 0 Å². The van der Waals surface area contributed by atoms with E-state index < -0.39 is 39.2 Å². The van der Waals surface area contributed by atoms with Crippen molar-refractivity contribution < 1.29 is 26.8 Å². The third-order valence-corrected chi connectivity index (χ3v) is 7.25. The number of sulfonamides is 1. The summed E-state index contributed by atoms with van der Waals surface area (Å²) in [5, 5.41) is 2.66. The molecule has 0 bridgehead atoms. The summed E-state index contributed by atoms with van der Waals surface area (Å²) < 4.78 is 55.5. The Hall–Kier alpha value is -3.79. The minimum atomic E-state index is -4.22. The molecule has 0 saturated carbocycles. The third kappa shape index (κ3) is 5.48. The largest absolute Gasteiger partial charge is 0.347 e. The molecule has 1 aliphatic heterocycles. The van der Waals surface area contributed by atoms with Crippen LogP contribution in [0.25, 0.3) is 0 Å². The van der Waals surface area contributed by atoms with Gasteiger partial charge in [-0.25, -0.2) is 17.2 Å². The molecule has 182 valence electrons. The van der Waals surface area contributed by atoms with E-state index in [1.165, 1.54) is 12.1 Å². The zero-order valence-electron chi connectivity index (χ0n) is 18.7. The summed E-state index contributed by atoms with van der Waals surface area (Å²) in [6.07, 6.45) is 0.0421. The minimum absolute atomic E-state index is 0.0165. The number of carbonyl (C=O) groups is 2. The second-order valence-electron chi connectivity index (χ2n) is 8.29. The molecule has 1 saturated heterocycles. The Balaban J connectivity index is 1.50. The fourth-order valence-corrected chi connectivity index (χ4v) is 5.04. The van der Waals surface area contributed by atoms with Crippen LogP contribution in [-0.4, -0.2) is 37.2 Å². The van der Waals surface area contributed by atoms with Crippen LogP contribution in [0.3, 0.4) is 0 Å². The van der Waals surface area contributed by atoms with Gasteiger partial charge >= 0.3 is 0 Å². The van der Waals surface area contributed by atoms with E-state index >= 15 is 0 Å². The summed E-state index contributed by atoms with van der Waals surface area (Å²) in [5.74, 6) is -2.53. The second-order valence-corrected chi connectivity index (χ2v) is 9.97. The lowest BCUT2D eigenvalue weighted by Gasteiger charge is -2.25. The van der Waals surface area contributed by atoms with Gasteiger partial charge in [-0.2, -0.15) is 0 Å². The van der Waals surface area contributed by atoms with E-state index in [0.29, 0.717) is 6.54 Å². The number of nitrogens with one attached hydrogen (secondary N) is 2. The average Bonchev–Trinajstić information content (AvgIpc) is 3.07. The number of carbonyl (C=O) groups excluding carboxylic acids is 2. The first-order valence-electron chi connectivity index (χ1n) is 10.9. The summed E-state index contributed by atoms with van der Waals surface area (Å²) in [4.78, 5) is 26.7. The third-order valence-electron chi connectivity index (χ3n) is 5.87. The van der Waals surface area contributed by atoms with Gasteiger partial charge in [-0.3, -0.25) is 14.3 Å². The Morgan fingerprint density at radius 1 is 1.03 bits per heavy atom. The van der Waals surface area contributed by atoms with E-state index in [2.05, 4.69) is 10.0 Å². The van der Waals surface area contributed by atoms with Gasteiger partial charge in [-0.15, -0.1) is 0 Å². The topological polar surface area (TPSA) is 95.6 Å². The number of amides is 2. The van der Waals surface area contributed by atoms with E-state index in [9.17, 15) is 26.8 Å². The van der Waals surface area contributed by atoms with Crippen molar-refractivity contribution in [2.45, 2.75) is 36.9 Å². The molecule has 0 aliphatic carbocycles. The van der Waals surface area contributed by atoms with Gasteiger partial charge in [0.25, 0.3) is 15.9 Å². The van der Waals surface area contributed by atoms with Crippen LogP contribution in [0.2, 0.25) is 0 Å². The van der Waals surface area contributed by atoms with Gasteiger partial charge in [0.1, 0.15) is 11.6 Å². The molecule has 10 heteroatoms. The Morgan fingerprint density at radius 2 is 1.77 bits per heavy atom. The normalized spacial score (nSPS) is 17.9. The maximum absolute atomic E-state index is 14.5. The summed E-state index contributed by atoms with van der Waals surface area (Å²) in [6, 6.07) is 16.1. The van der Waals surface area contributed by atoms with E-state index in [-0.39, 0.29) is 29.0 Å². The molecule has 4 rings (SSSR count). The molecule has 35 heavy (non-hydrogen) atoms. The van der Waals surface area contributed by atoms with Crippen LogP contribution in [0.5, 0.6) is 0 Å². The molecular formula is C25H23F2N3O4S. The van der Waals surface area contributed by atoms with Crippen LogP contribution in [0.15, 0.2) is 77.7 Å². The number of halogens is 2. The zero-order valence-corrected chi connectivity index (χ0v) is 19.6. The van der Waals surface area contributed by atoms with Crippen LogP contribution >= 0.6 is 0 Å². The van der Waals surface area contributed by atoms with Gasteiger partial charge in [-0.05, 0) is 48.9 Å². The summed E-state index contributed by atoms with van der Waals surface area (Å²) in [5.41, 5.74) is 0.444. The van der Waals surface area contributed by atoms with Crippen molar-refractivity contribution in [1.29, 1.82) is 0 Å². The number of nitrogens with zero attached hydrogens (tertiary/aromatic N) is 1. The highest BCUT2D eigenvalue weighted by atomic mass is 32.2. The number of anilines is 1. The van der Waals surface area contributed by atoms with E-state index in [1.54, 1.807) is 11.8 Å². The van der Waals surface area contributed by atoms with Crippen molar-refractivity contribution in [2.75, 3.05) is 4.72 Å². The van der Waals surface area contributed by atoms with E-state index in [0.717, 1.165) is 35.9 Å². The Kier molecular flexibility index (Phi) is 6.83. The highest BCUT2D eigenvalue weighted by molar-refractivity contribution is 7.92. The quantitative estimate of drug-likeness (QED) is 0.519. The standard InChI is InChI=1S/C25H23F2N3O4S/c1-16-23(14-24(31)30(16)15-17-6-3-2-4-7-17)28-25(32)21-13-20(10-11-22(21)27)35(33,34)29-19-9-5-8-18(26)12-19/h2-13,16,23,29H,14-15H2,1H3,(H,28,32). The van der Waals surface area contributed by atoms with Gasteiger partial charge in [0.15, 0.2) is 0 Å². The molecule has 2 atom stereocenters. The molecule has 2 N–H and O–H groups in total. The number of hydrogen-bond donors (Lipinski definition) is 2. The Bertz CT molecular complexity index is 1370. The first-order valence-corrected chi connectivity index (χ1v) is 12.3. The number of rotatable bonds is 7. The fraction of sp³-hybridized carbons (Fsp3) is 0.200. The van der Waals surface area contributed by atoms with Crippen molar-refractivity contribution in [1.82, 2.24) is 10.2 Å². The van der Waals surface area contributed by atoms with Gasteiger partial charge < -0.3 is 10.2 Å². The molecule has 0 radical (unpaired) electrons. The maximum Gasteiger partial charge on any atom is 0.261 e. The number of hydrogen-bond acceptors (Lipinski definition) is 4. The first-order chi connectivity index (χ1) is 16.6. The highest BCUT2D eigenvalue weighted by Gasteiger charge is 2.38. The monoisotopic (exact) mass is 499 g/mol. The van der Waals surface area contributed by atoms with Crippen LogP contribution in [0.1, 0.15) is 29.3 Å². The van der Waals surface area contributed by atoms with Gasteiger partial charge in [-0.1, -0.05) is 36.4 Å². The van der Waals surface area contributed by atoms with Crippen LogP contribution in [-0.2, 0) is 21.4 Å². The van der Waals surface area contributed by atoms with Crippen LogP contribution < -0.4 is 10.0 Å². The molecule has 2 amide bonds. The van der Waals surface area contributed by atoms with Crippen molar-refractivity contribution in [3.8, 4) is 0 Å². The second kappa shape index (κ2) is 9.83. The molecule has 7 nitrogen and oxygen atoms in total. The molecule has 3 aromatic rings. The highest BCUT2D eigenvalue weighted by Crippen LogP contribution is 2.24. The molecule has 2 unspecified atom stereocenters. The minimum Gasteiger partial charge on any atom is -0.347 e. The molecule has 0 spiro atoms. The van der Waals surface area contributed by atoms with Crippen molar-refractivity contribution in [2.24, 2.45) is 0 Å². The van der Waals surface area contributed by atoms with Gasteiger partial charge in [0.05, 0.1) is 22.2 Å². The molecular weight excluding hydrogens is 476 g/mol. The lowest BCUT2D eigenvalue weighted by atomic mass is 10.1. The Morgan fingerprint density at radius 3 is 2.49 bits per heavy atom. The smallest absolute Gasteiger partial charge is 0.261 e.